The maximum atomic E-state index is 14.8. The van der Waals surface area contributed by atoms with E-state index in [4.69, 9.17) is 9.93 Å². The molecule has 0 aliphatic carbocycles. The molecule has 0 radical (unpaired) electrons. The van der Waals surface area contributed by atoms with Crippen LogP contribution < -0.4 is 5.32 Å². The van der Waals surface area contributed by atoms with Crippen LogP contribution in [0.25, 0.3) is 22.4 Å². The van der Waals surface area contributed by atoms with Crippen molar-refractivity contribution in [1.29, 1.82) is 5.41 Å². The van der Waals surface area contributed by atoms with Crippen molar-refractivity contribution in [2.24, 2.45) is 0 Å². The van der Waals surface area contributed by atoms with Crippen LogP contribution in [0.1, 0.15) is 38.0 Å². The maximum Gasteiger partial charge on any atom is 0.153 e. The summed E-state index contributed by atoms with van der Waals surface area (Å²) in [6, 6.07) is 4.98. The van der Waals surface area contributed by atoms with Crippen LogP contribution >= 0.6 is 0 Å². The van der Waals surface area contributed by atoms with Crippen molar-refractivity contribution in [3.63, 3.8) is 0 Å². The van der Waals surface area contributed by atoms with Crippen LogP contribution in [-0.4, -0.2) is 26.9 Å². The average molecular weight is 355 g/mol. The quantitative estimate of drug-likeness (QED) is 0.592. The second kappa shape index (κ2) is 6.40. The predicted octanol–water partition coefficient (Wildman–Crippen LogP) is 4.70. The number of imidazole rings is 1. The Balaban J connectivity index is 2.07. The van der Waals surface area contributed by atoms with Gasteiger partial charge in [0, 0.05) is 16.7 Å². The van der Waals surface area contributed by atoms with Gasteiger partial charge in [0.25, 0.3) is 0 Å². The fourth-order valence-corrected chi connectivity index (χ4v) is 2.86. The monoisotopic (exact) mass is 355 g/mol. The van der Waals surface area contributed by atoms with Gasteiger partial charge in [-0.15, -0.1) is 0 Å². The van der Waals surface area contributed by atoms with E-state index in [-0.39, 0.29) is 11.4 Å². The molecule has 0 amide bonds. The first-order valence-electron chi connectivity index (χ1n) is 8.31. The summed E-state index contributed by atoms with van der Waals surface area (Å²) in [5.74, 6) is 1.20. The lowest BCUT2D eigenvalue weighted by molar-refractivity contribution is 0.393. The molecule has 2 heterocycles. The van der Waals surface area contributed by atoms with Crippen LogP contribution in [0.5, 0.6) is 0 Å². The highest BCUT2D eigenvalue weighted by atomic mass is 19.1. The van der Waals surface area contributed by atoms with Crippen LogP contribution in [0.3, 0.4) is 0 Å². The van der Waals surface area contributed by atoms with E-state index >= 15 is 0 Å². The highest BCUT2D eigenvalue weighted by Gasteiger charge is 2.20. The van der Waals surface area contributed by atoms with Crippen molar-refractivity contribution in [3.05, 3.63) is 41.3 Å². The molecule has 0 spiro atoms. The average Bonchev–Trinajstić information content (AvgIpc) is 3.09. The van der Waals surface area contributed by atoms with Gasteiger partial charge in [0.05, 0.1) is 23.2 Å². The van der Waals surface area contributed by atoms with Crippen molar-refractivity contribution in [3.8, 4) is 22.4 Å². The zero-order chi connectivity index (χ0) is 19.1. The van der Waals surface area contributed by atoms with Gasteiger partial charge < -0.3 is 20.2 Å². The first-order valence-corrected chi connectivity index (χ1v) is 8.31. The smallest absolute Gasteiger partial charge is 0.153 e. The van der Waals surface area contributed by atoms with E-state index in [1.807, 2.05) is 26.8 Å². The van der Waals surface area contributed by atoms with Crippen molar-refractivity contribution in [2.75, 3.05) is 5.32 Å². The summed E-state index contributed by atoms with van der Waals surface area (Å²) in [4.78, 5) is 7.42. The summed E-state index contributed by atoms with van der Waals surface area (Å²) in [7, 11) is 0. The number of benzene rings is 1. The van der Waals surface area contributed by atoms with E-state index in [9.17, 15) is 4.39 Å². The van der Waals surface area contributed by atoms with Crippen molar-refractivity contribution in [2.45, 2.75) is 40.2 Å². The Hall–Kier alpha value is -2.96. The molecule has 7 heteroatoms. The summed E-state index contributed by atoms with van der Waals surface area (Å²) < 4.78 is 20.0. The Morgan fingerprint density at radius 1 is 1.27 bits per heavy atom. The molecule has 0 bridgehead atoms. The highest BCUT2D eigenvalue weighted by molar-refractivity contribution is 5.81. The van der Waals surface area contributed by atoms with E-state index in [1.165, 1.54) is 6.07 Å². The predicted molar refractivity (Wildman–Crippen MR) is 100 cm³/mol. The molecule has 6 nitrogen and oxygen atoms in total. The molecule has 0 unspecified atom stereocenters. The van der Waals surface area contributed by atoms with Gasteiger partial charge in [-0.25, -0.2) is 9.37 Å². The zero-order valence-corrected chi connectivity index (χ0v) is 15.5. The van der Waals surface area contributed by atoms with E-state index in [0.29, 0.717) is 45.5 Å². The number of nitrogens with one attached hydrogen (secondary N) is 3. The van der Waals surface area contributed by atoms with Gasteiger partial charge in [-0.2, -0.15) is 0 Å². The number of nitrogens with zero attached hydrogens (tertiary/aromatic N) is 2. The molecule has 0 aliphatic heterocycles. The summed E-state index contributed by atoms with van der Waals surface area (Å²) >= 11 is 0. The van der Waals surface area contributed by atoms with Crippen LogP contribution in [0.2, 0.25) is 0 Å². The summed E-state index contributed by atoms with van der Waals surface area (Å²) in [5, 5.41) is 14.6. The minimum atomic E-state index is -0.371. The molecule has 1 aromatic carbocycles. The number of halogens is 1. The minimum Gasteiger partial charge on any atom is -0.364 e. The van der Waals surface area contributed by atoms with Gasteiger partial charge in [-0.05, 0) is 40.7 Å². The number of rotatable bonds is 4. The largest absolute Gasteiger partial charge is 0.364 e. The Kier molecular flexibility index (Phi) is 4.39. The van der Waals surface area contributed by atoms with E-state index < -0.39 is 0 Å². The van der Waals surface area contributed by atoms with Gasteiger partial charge in [-0.3, -0.25) is 0 Å². The topological polar surface area (TPSA) is 90.6 Å². The van der Waals surface area contributed by atoms with E-state index in [1.54, 1.807) is 19.9 Å². The van der Waals surface area contributed by atoms with Crippen LogP contribution in [-0.2, 0) is 0 Å². The third-order valence-electron chi connectivity index (χ3n) is 3.91. The number of H-pyrrole nitrogens is 1. The fraction of sp³-hybridized carbons (Fsp3) is 0.316. The molecule has 0 aliphatic rings. The Bertz CT molecular complexity index is 945. The van der Waals surface area contributed by atoms with E-state index in [2.05, 4.69) is 20.4 Å². The first-order chi connectivity index (χ1) is 12.2. The molecule has 3 N–H and O–H groups in total. The van der Waals surface area contributed by atoms with E-state index in [0.717, 1.165) is 6.21 Å². The molecular weight excluding hydrogens is 333 g/mol. The Morgan fingerprint density at radius 3 is 2.54 bits per heavy atom. The number of aromatic amines is 1. The lowest BCUT2D eigenvalue weighted by Crippen LogP contribution is -2.26. The molecule has 136 valence electrons. The van der Waals surface area contributed by atoms with Crippen LogP contribution in [0, 0.1) is 25.1 Å². The number of aryl methyl sites for hydroxylation is 2. The van der Waals surface area contributed by atoms with Gasteiger partial charge in [0.2, 0.25) is 0 Å². The molecule has 0 atom stereocenters. The molecule has 0 saturated carbocycles. The van der Waals surface area contributed by atoms with Crippen molar-refractivity contribution >= 4 is 12.0 Å². The lowest BCUT2D eigenvalue weighted by Gasteiger charge is -2.21. The number of anilines is 1. The third-order valence-corrected chi connectivity index (χ3v) is 3.91. The summed E-state index contributed by atoms with van der Waals surface area (Å²) in [5.41, 5.74) is 2.83. The molecule has 3 aromatic rings. The standard InChI is InChI=1S/C19H22FN5O/c1-10-16(11(2)26-25-10)13-7-6-12(8-14(13)20)17-18(24-19(3,4)5)23-15(9-21)22-17/h6-9,21,24H,1-5H3,(H,22,23). The molecule has 26 heavy (non-hydrogen) atoms. The normalized spacial score (nSPS) is 11.6. The molecule has 3 rings (SSSR count). The summed E-state index contributed by atoms with van der Waals surface area (Å²) in [6.45, 7) is 9.58. The SMILES string of the molecule is Cc1noc(C)c1-c1ccc(-c2[nH]c(C=N)nc2NC(C)(C)C)cc1F. The van der Waals surface area contributed by atoms with Crippen LogP contribution in [0.4, 0.5) is 10.2 Å². The Labute approximate surface area is 151 Å². The van der Waals surface area contributed by atoms with Gasteiger partial charge in [0.15, 0.2) is 11.6 Å². The lowest BCUT2D eigenvalue weighted by atomic mass is 10.0. The first kappa shape index (κ1) is 17.8. The fourth-order valence-electron chi connectivity index (χ4n) is 2.86. The third kappa shape index (κ3) is 3.37. The zero-order valence-electron chi connectivity index (χ0n) is 15.5. The number of hydrogen-bond donors (Lipinski definition) is 3. The second-order valence-electron chi connectivity index (χ2n) is 7.26. The maximum absolute atomic E-state index is 14.8. The molecule has 0 fully saturated rings. The number of hydrogen-bond acceptors (Lipinski definition) is 5. The van der Waals surface area contributed by atoms with Crippen molar-refractivity contribution in [1.82, 2.24) is 15.1 Å². The van der Waals surface area contributed by atoms with Crippen LogP contribution in [0.15, 0.2) is 22.7 Å². The molecule has 0 saturated heterocycles. The molecular formula is C19H22FN5O. The molecule has 2 aromatic heterocycles. The van der Waals surface area contributed by atoms with Crippen molar-refractivity contribution < 1.29 is 8.91 Å². The summed E-state index contributed by atoms with van der Waals surface area (Å²) in [6.07, 6.45) is 1.13. The van der Waals surface area contributed by atoms with Gasteiger partial charge in [0.1, 0.15) is 11.6 Å². The van der Waals surface area contributed by atoms with Gasteiger partial charge >= 0.3 is 0 Å². The highest BCUT2D eigenvalue weighted by Crippen LogP contribution is 2.34. The Morgan fingerprint density at radius 2 is 2.00 bits per heavy atom. The van der Waals surface area contributed by atoms with Gasteiger partial charge in [-0.1, -0.05) is 17.3 Å². The number of aromatic nitrogens is 3. The minimum absolute atomic E-state index is 0.224. The second-order valence-corrected chi connectivity index (χ2v) is 7.26.